The Kier molecular flexibility index (Phi) is 40.2. The first-order valence-electron chi connectivity index (χ1n) is 10.3. The summed E-state index contributed by atoms with van der Waals surface area (Å²) in [5.41, 5.74) is 0. The van der Waals surface area contributed by atoms with E-state index in [0.717, 1.165) is 6.61 Å². The Morgan fingerprint density at radius 2 is 0.929 bits per heavy atom. The third-order valence-electron chi connectivity index (χ3n) is 4.23. The first-order chi connectivity index (χ1) is 12.4. The molecule has 0 aromatic heterocycles. The fraction of sp³-hybridized carbons (Fsp3) is 0.900. The molecule has 8 heteroatoms. The number of ether oxygens (including phenoxy) is 1. The predicted molar refractivity (Wildman–Crippen MR) is 106 cm³/mol. The van der Waals surface area contributed by atoms with Crippen LogP contribution in [0.4, 0.5) is 0 Å². The van der Waals surface area contributed by atoms with E-state index in [-0.39, 0.29) is 59.1 Å². The van der Waals surface area contributed by atoms with Crippen molar-refractivity contribution in [2.75, 3.05) is 6.61 Å². The van der Waals surface area contributed by atoms with Gasteiger partial charge in [-0.25, -0.2) is 0 Å². The summed E-state index contributed by atoms with van der Waals surface area (Å²) < 4.78 is 39.2. The third kappa shape index (κ3) is 50.7. The third-order valence-corrected chi connectivity index (χ3v) is 4.23. The molecule has 28 heavy (non-hydrogen) atoms. The molecular weight excluding hydrogens is 398 g/mol. The number of rotatable bonds is 18. The molecule has 0 saturated heterocycles. The Morgan fingerprint density at radius 1 is 0.679 bits per heavy atom. The molecular formula is C20H40Na2O5S. The molecule has 0 radical (unpaired) electrons. The molecule has 0 aliphatic carbocycles. The molecule has 0 bridgehead atoms. The molecule has 0 rings (SSSR count). The molecule has 0 aliphatic rings. The van der Waals surface area contributed by atoms with Gasteiger partial charge in [-0.05, 0) is 6.42 Å². The van der Waals surface area contributed by atoms with Gasteiger partial charge < -0.3 is 13.8 Å². The second kappa shape index (κ2) is 30.6. The Hall–Kier alpha value is 1.41. The van der Waals surface area contributed by atoms with Crippen molar-refractivity contribution in [2.45, 2.75) is 110 Å². The number of unbranched alkanes of at least 4 members (excludes halogenated alkanes) is 15. The van der Waals surface area contributed by atoms with E-state index in [2.05, 4.69) is 13.5 Å². The fourth-order valence-corrected chi connectivity index (χ4v) is 2.82. The van der Waals surface area contributed by atoms with Crippen LogP contribution >= 0.6 is 0 Å². The minimum atomic E-state index is -5.17. The maximum Gasteiger partial charge on any atom is 1.00 e. The maximum absolute atomic E-state index is 8.52. The van der Waals surface area contributed by atoms with Gasteiger partial charge in [0.1, 0.15) is 0 Å². The van der Waals surface area contributed by atoms with Gasteiger partial charge in [0.2, 0.25) is 0 Å². The van der Waals surface area contributed by atoms with Crippen LogP contribution < -0.4 is 59.1 Å². The average molecular weight is 439 g/mol. The van der Waals surface area contributed by atoms with Gasteiger partial charge >= 0.3 is 59.1 Å². The van der Waals surface area contributed by atoms with Gasteiger partial charge in [-0.2, -0.15) is 0 Å². The Labute approximate surface area is 219 Å². The largest absolute Gasteiger partial charge is 1.00 e. The smallest absolute Gasteiger partial charge is 0.759 e. The van der Waals surface area contributed by atoms with E-state index >= 15 is 0 Å². The van der Waals surface area contributed by atoms with Crippen molar-refractivity contribution in [1.29, 1.82) is 0 Å². The minimum Gasteiger partial charge on any atom is -0.759 e. The van der Waals surface area contributed by atoms with Crippen LogP contribution in [0, 0.1) is 0 Å². The summed E-state index contributed by atoms with van der Waals surface area (Å²) in [6, 6.07) is 0. The van der Waals surface area contributed by atoms with Crippen molar-refractivity contribution in [2.24, 2.45) is 0 Å². The summed E-state index contributed by atoms with van der Waals surface area (Å²) in [6.45, 7) is 6.69. The molecule has 0 aromatic rings. The molecule has 0 aliphatic heterocycles. The molecule has 0 amide bonds. The molecule has 0 heterocycles. The van der Waals surface area contributed by atoms with Crippen molar-refractivity contribution < 1.29 is 81.4 Å². The first kappa shape index (κ1) is 36.8. The van der Waals surface area contributed by atoms with Crippen molar-refractivity contribution in [3.05, 3.63) is 12.8 Å². The van der Waals surface area contributed by atoms with Gasteiger partial charge in [0.25, 0.3) is 0 Å². The van der Waals surface area contributed by atoms with Gasteiger partial charge in [0, 0.05) is 10.4 Å². The normalized spacial score (nSPS) is 10.1. The zero-order chi connectivity index (χ0) is 19.9. The fourth-order valence-electron chi connectivity index (χ4n) is 2.82. The minimum absolute atomic E-state index is 0. The molecule has 0 spiro atoms. The van der Waals surface area contributed by atoms with Gasteiger partial charge in [-0.1, -0.05) is 110 Å². The Morgan fingerprint density at radius 3 is 1.18 bits per heavy atom. The summed E-state index contributed by atoms with van der Waals surface area (Å²) in [5, 5.41) is 0. The van der Waals surface area contributed by atoms with Crippen molar-refractivity contribution in [3.8, 4) is 0 Å². The van der Waals surface area contributed by atoms with E-state index in [9.17, 15) is 0 Å². The van der Waals surface area contributed by atoms with Crippen LogP contribution in [-0.2, 0) is 15.1 Å². The van der Waals surface area contributed by atoms with E-state index in [1.807, 2.05) is 0 Å². The van der Waals surface area contributed by atoms with E-state index in [0.29, 0.717) is 0 Å². The molecule has 5 nitrogen and oxygen atoms in total. The van der Waals surface area contributed by atoms with Crippen LogP contribution in [0.5, 0.6) is 0 Å². The number of hydrogen-bond donors (Lipinski definition) is 0. The van der Waals surface area contributed by atoms with Crippen molar-refractivity contribution in [3.63, 3.8) is 0 Å². The van der Waals surface area contributed by atoms with E-state index in [1.165, 1.54) is 103 Å². The van der Waals surface area contributed by atoms with Gasteiger partial charge in [-0.3, -0.25) is 8.42 Å². The van der Waals surface area contributed by atoms with E-state index in [4.69, 9.17) is 22.3 Å². The van der Waals surface area contributed by atoms with Gasteiger partial charge in [0.15, 0.2) is 0 Å². The molecule has 0 aromatic carbocycles. The topological polar surface area (TPSA) is 89.5 Å². The maximum atomic E-state index is 8.52. The van der Waals surface area contributed by atoms with Crippen LogP contribution in [0.1, 0.15) is 110 Å². The van der Waals surface area contributed by atoms with Crippen molar-refractivity contribution in [1.82, 2.24) is 0 Å². The summed E-state index contributed by atoms with van der Waals surface area (Å²) in [4.78, 5) is 0. The SMILES string of the molecule is C=COCCCCCCCCCCCCCCCCCC.O=S(=O)([O-])[O-].[Na+].[Na+]. The second-order valence-electron chi connectivity index (χ2n) is 6.75. The van der Waals surface area contributed by atoms with Gasteiger partial charge in [0.05, 0.1) is 12.9 Å². The molecule has 0 fully saturated rings. The molecule has 0 saturated carbocycles. The standard InChI is InChI=1S/C20H40O.2Na.H2O4S/c1-3-5-6-7-8-9-10-11-12-13-14-15-16-17-18-19-20-21-4-2;;;1-5(2,3)4/h4H,2-3,5-20H2,1H3;;;(H2,1,2,3,4)/q;2*+1;/p-2. The molecule has 0 unspecified atom stereocenters. The Balaban J connectivity index is -0.000000364. The summed E-state index contributed by atoms with van der Waals surface area (Å²) >= 11 is 0. The van der Waals surface area contributed by atoms with Crippen LogP contribution in [0.3, 0.4) is 0 Å². The monoisotopic (exact) mass is 438 g/mol. The quantitative estimate of drug-likeness (QED) is 0.0994. The second-order valence-corrected chi connectivity index (χ2v) is 7.57. The summed E-state index contributed by atoms with van der Waals surface area (Å²) in [6.07, 6.45) is 24.2. The zero-order valence-electron chi connectivity index (χ0n) is 18.8. The Bertz CT molecular complexity index is 371. The van der Waals surface area contributed by atoms with E-state index < -0.39 is 10.4 Å². The molecule has 158 valence electrons. The zero-order valence-corrected chi connectivity index (χ0v) is 23.6. The van der Waals surface area contributed by atoms with Crippen LogP contribution in [0.15, 0.2) is 12.8 Å². The predicted octanol–water partition coefficient (Wildman–Crippen LogP) is 0.0780. The van der Waals surface area contributed by atoms with E-state index in [1.54, 1.807) is 6.26 Å². The van der Waals surface area contributed by atoms with Crippen molar-refractivity contribution >= 4 is 10.4 Å². The van der Waals surface area contributed by atoms with Crippen LogP contribution in [-0.4, -0.2) is 24.1 Å². The number of hydrogen-bond acceptors (Lipinski definition) is 5. The van der Waals surface area contributed by atoms with Crippen LogP contribution in [0.2, 0.25) is 0 Å². The summed E-state index contributed by atoms with van der Waals surface area (Å²) in [7, 11) is -5.17. The molecule has 0 atom stereocenters. The first-order valence-corrected chi connectivity index (χ1v) is 11.6. The average Bonchev–Trinajstić information content (AvgIpc) is 2.56. The summed E-state index contributed by atoms with van der Waals surface area (Å²) in [5.74, 6) is 0. The molecule has 0 N–H and O–H groups in total. The van der Waals surface area contributed by atoms with Gasteiger partial charge in [-0.15, -0.1) is 0 Å². The van der Waals surface area contributed by atoms with Crippen LogP contribution in [0.25, 0.3) is 0 Å².